The lowest BCUT2D eigenvalue weighted by Crippen LogP contribution is -2.09. The Labute approximate surface area is 197 Å². The van der Waals surface area contributed by atoms with Crippen molar-refractivity contribution in [2.24, 2.45) is 0 Å². The fourth-order valence-corrected chi connectivity index (χ4v) is 5.62. The zero-order chi connectivity index (χ0) is 24.0. The van der Waals surface area contributed by atoms with Gasteiger partial charge in [-0.1, -0.05) is 30.3 Å². The van der Waals surface area contributed by atoms with Gasteiger partial charge in [-0.05, 0) is 66.9 Å². The first kappa shape index (κ1) is 21.9. The minimum Gasteiger partial charge on any atom is -0.497 e. The largest absolute Gasteiger partial charge is 0.497 e. The van der Waals surface area contributed by atoms with Crippen LogP contribution in [0.1, 0.15) is 16.7 Å². The number of aryl methyl sites for hydroxylation is 2. The topological polar surface area (TPSA) is 100 Å². The minimum atomic E-state index is -3.95. The number of ether oxygens (including phenoxy) is 1. The van der Waals surface area contributed by atoms with Crippen LogP contribution in [0, 0.1) is 13.8 Å². The van der Waals surface area contributed by atoms with Crippen LogP contribution in [-0.4, -0.2) is 30.1 Å². The second-order valence-corrected chi connectivity index (χ2v) is 10.2. The van der Waals surface area contributed by atoms with Crippen LogP contribution in [0.5, 0.6) is 5.75 Å². The number of benzene rings is 3. The van der Waals surface area contributed by atoms with E-state index < -0.39 is 9.84 Å². The van der Waals surface area contributed by atoms with Gasteiger partial charge in [-0.3, -0.25) is 0 Å². The van der Waals surface area contributed by atoms with E-state index in [1.807, 2.05) is 62.4 Å². The van der Waals surface area contributed by atoms with Gasteiger partial charge < -0.3 is 15.0 Å². The second kappa shape index (κ2) is 8.14. The van der Waals surface area contributed by atoms with Crippen molar-refractivity contribution in [1.29, 1.82) is 0 Å². The molecule has 0 radical (unpaired) electrons. The SMILES string of the molecule is COc1ccc(Cn2c(N)c(S(=O)(=O)c3ccc(C)c(C)c3)c3nc4ccccc4nc32)cc1. The molecule has 0 saturated heterocycles. The smallest absolute Gasteiger partial charge is 0.212 e. The van der Waals surface area contributed by atoms with Gasteiger partial charge >= 0.3 is 0 Å². The number of hydrogen-bond donors (Lipinski definition) is 1. The van der Waals surface area contributed by atoms with Gasteiger partial charge in [-0.25, -0.2) is 18.4 Å². The summed E-state index contributed by atoms with van der Waals surface area (Å²) >= 11 is 0. The normalized spacial score (nSPS) is 11.9. The number of anilines is 1. The van der Waals surface area contributed by atoms with Crippen molar-refractivity contribution in [3.05, 3.63) is 83.4 Å². The van der Waals surface area contributed by atoms with Gasteiger partial charge in [0.15, 0.2) is 5.65 Å². The summed E-state index contributed by atoms with van der Waals surface area (Å²) in [4.78, 5) is 9.62. The number of hydrogen-bond acceptors (Lipinski definition) is 6. The summed E-state index contributed by atoms with van der Waals surface area (Å²) in [5, 5.41) is 0. The molecule has 172 valence electrons. The average Bonchev–Trinajstić information content (AvgIpc) is 3.10. The molecule has 2 aromatic heterocycles. The van der Waals surface area contributed by atoms with Crippen LogP contribution >= 0.6 is 0 Å². The van der Waals surface area contributed by atoms with Crippen molar-refractivity contribution in [1.82, 2.24) is 14.5 Å². The van der Waals surface area contributed by atoms with E-state index in [1.165, 1.54) is 0 Å². The van der Waals surface area contributed by atoms with Gasteiger partial charge in [0.25, 0.3) is 0 Å². The molecule has 0 aliphatic heterocycles. The van der Waals surface area contributed by atoms with Crippen LogP contribution in [0.25, 0.3) is 22.2 Å². The first-order valence-electron chi connectivity index (χ1n) is 10.8. The van der Waals surface area contributed by atoms with E-state index in [-0.39, 0.29) is 21.1 Å². The van der Waals surface area contributed by atoms with Gasteiger partial charge in [0, 0.05) is 0 Å². The summed E-state index contributed by atoms with van der Waals surface area (Å²) in [5.74, 6) is 0.845. The summed E-state index contributed by atoms with van der Waals surface area (Å²) in [5.41, 5.74) is 11.3. The van der Waals surface area contributed by atoms with Gasteiger partial charge in [-0.15, -0.1) is 0 Å². The minimum absolute atomic E-state index is 0.0162. The standard InChI is InChI=1S/C26H24N4O3S/c1-16-8-13-20(14-17(16)2)34(31,32)24-23-26(29-22-7-5-4-6-21(22)28-23)30(25(24)27)15-18-9-11-19(33-3)12-10-18/h4-14H,15,27H2,1-3H3. The molecule has 0 fully saturated rings. The molecular weight excluding hydrogens is 448 g/mol. The number of aromatic nitrogens is 3. The Kier molecular flexibility index (Phi) is 5.25. The van der Waals surface area contributed by atoms with Crippen LogP contribution in [-0.2, 0) is 16.4 Å². The Balaban J connectivity index is 1.77. The Morgan fingerprint density at radius 2 is 1.59 bits per heavy atom. The molecule has 0 atom stereocenters. The lowest BCUT2D eigenvalue weighted by molar-refractivity contribution is 0.414. The Morgan fingerprint density at radius 3 is 2.24 bits per heavy atom. The van der Waals surface area contributed by atoms with Gasteiger partial charge in [-0.2, -0.15) is 0 Å². The quantitative estimate of drug-likeness (QED) is 0.399. The fourth-order valence-electron chi connectivity index (χ4n) is 4.03. The van der Waals surface area contributed by atoms with Crippen LogP contribution in [0.2, 0.25) is 0 Å². The highest BCUT2D eigenvalue weighted by atomic mass is 32.2. The maximum absolute atomic E-state index is 13.8. The highest BCUT2D eigenvalue weighted by Gasteiger charge is 2.30. The zero-order valence-corrected chi connectivity index (χ0v) is 19.9. The summed E-state index contributed by atoms with van der Waals surface area (Å²) in [6.45, 7) is 4.16. The third-order valence-electron chi connectivity index (χ3n) is 6.10. The van der Waals surface area contributed by atoms with Gasteiger partial charge in [0.2, 0.25) is 9.84 Å². The predicted molar refractivity (Wildman–Crippen MR) is 133 cm³/mol. The monoisotopic (exact) mass is 472 g/mol. The Morgan fingerprint density at radius 1 is 0.912 bits per heavy atom. The van der Waals surface area contributed by atoms with E-state index in [0.29, 0.717) is 23.2 Å². The van der Waals surface area contributed by atoms with E-state index in [4.69, 9.17) is 20.4 Å². The molecule has 5 rings (SSSR count). The number of nitrogens with zero attached hydrogens (tertiary/aromatic N) is 3. The number of sulfone groups is 1. The molecule has 2 heterocycles. The molecule has 3 aromatic carbocycles. The van der Waals surface area contributed by atoms with E-state index in [2.05, 4.69) is 0 Å². The number of fused-ring (bicyclic) bond motifs is 2. The van der Waals surface area contributed by atoms with Crippen molar-refractivity contribution < 1.29 is 13.2 Å². The highest BCUT2D eigenvalue weighted by Crippen LogP contribution is 2.36. The van der Waals surface area contributed by atoms with Crippen molar-refractivity contribution in [3.8, 4) is 5.75 Å². The third kappa shape index (κ3) is 3.56. The molecule has 0 unspecified atom stereocenters. The molecule has 7 nitrogen and oxygen atoms in total. The Bertz CT molecular complexity index is 1660. The van der Waals surface area contributed by atoms with Crippen LogP contribution in [0.15, 0.2) is 76.5 Å². The molecule has 2 N–H and O–H groups in total. The van der Waals surface area contributed by atoms with Crippen molar-refractivity contribution >= 4 is 37.9 Å². The van der Waals surface area contributed by atoms with Crippen molar-refractivity contribution in [3.63, 3.8) is 0 Å². The maximum Gasteiger partial charge on any atom is 0.212 e. The molecule has 0 saturated carbocycles. The summed E-state index contributed by atoms with van der Waals surface area (Å²) < 4.78 is 34.6. The van der Waals surface area contributed by atoms with E-state index in [0.717, 1.165) is 22.4 Å². The zero-order valence-electron chi connectivity index (χ0n) is 19.1. The first-order valence-corrected chi connectivity index (χ1v) is 12.3. The van der Waals surface area contributed by atoms with Crippen LogP contribution in [0.4, 0.5) is 5.82 Å². The first-order chi connectivity index (χ1) is 16.3. The molecule has 0 spiro atoms. The van der Waals surface area contributed by atoms with Crippen molar-refractivity contribution in [2.45, 2.75) is 30.2 Å². The van der Waals surface area contributed by atoms with Gasteiger partial charge in [0.1, 0.15) is 22.0 Å². The maximum atomic E-state index is 13.8. The predicted octanol–water partition coefficient (Wildman–Crippen LogP) is 4.67. The summed E-state index contributed by atoms with van der Waals surface area (Å²) in [6, 6.07) is 20.0. The van der Waals surface area contributed by atoms with Crippen molar-refractivity contribution in [2.75, 3.05) is 12.8 Å². The van der Waals surface area contributed by atoms with E-state index in [1.54, 1.807) is 29.9 Å². The highest BCUT2D eigenvalue weighted by molar-refractivity contribution is 7.92. The van der Waals surface area contributed by atoms with Crippen LogP contribution in [0.3, 0.4) is 0 Å². The number of nitrogen functional groups attached to an aromatic ring is 1. The molecule has 8 heteroatoms. The fraction of sp³-hybridized carbons (Fsp3) is 0.154. The molecule has 0 aliphatic rings. The molecular formula is C26H24N4O3S. The second-order valence-electron chi connectivity index (χ2n) is 8.28. The van der Waals surface area contributed by atoms with Gasteiger partial charge in [0.05, 0.1) is 29.6 Å². The van der Waals surface area contributed by atoms with Crippen LogP contribution < -0.4 is 10.5 Å². The number of nitrogens with two attached hydrogens (primary N) is 1. The number of methoxy groups -OCH3 is 1. The summed E-state index contributed by atoms with van der Waals surface area (Å²) in [6.07, 6.45) is 0. The Hall–Kier alpha value is -3.91. The molecule has 0 bridgehead atoms. The third-order valence-corrected chi connectivity index (χ3v) is 7.92. The lowest BCUT2D eigenvalue weighted by atomic mass is 10.1. The summed E-state index contributed by atoms with van der Waals surface area (Å²) in [7, 11) is -2.35. The molecule has 5 aromatic rings. The number of para-hydroxylation sites is 2. The van der Waals surface area contributed by atoms with E-state index >= 15 is 0 Å². The van der Waals surface area contributed by atoms with E-state index in [9.17, 15) is 8.42 Å². The average molecular weight is 473 g/mol. The lowest BCUT2D eigenvalue weighted by Gasteiger charge is -2.10. The molecule has 0 amide bonds. The molecule has 0 aliphatic carbocycles. The number of rotatable bonds is 5. The molecule has 34 heavy (non-hydrogen) atoms.